The zero-order valence-corrected chi connectivity index (χ0v) is 15.5. The van der Waals surface area contributed by atoms with E-state index in [0.717, 1.165) is 30.9 Å². The molecule has 8 heteroatoms. The predicted molar refractivity (Wildman–Crippen MR) is 95.3 cm³/mol. The number of carbonyl (C=O) groups excluding carboxylic acids is 1. The maximum absolute atomic E-state index is 12.1. The summed E-state index contributed by atoms with van der Waals surface area (Å²) in [7, 11) is 0. The van der Waals surface area contributed by atoms with Crippen LogP contribution in [0.3, 0.4) is 0 Å². The van der Waals surface area contributed by atoms with Crippen molar-refractivity contribution in [2.75, 3.05) is 32.8 Å². The number of amides is 1. The average Bonchev–Trinajstić information content (AvgIpc) is 3.21. The number of thiophene rings is 1. The second-order valence-electron chi connectivity index (χ2n) is 6.58. The molecule has 0 unspecified atom stereocenters. The Hall–Kier alpha value is -1.93. The number of nitrogens with zero attached hydrogens (tertiary/aromatic N) is 4. The SMILES string of the molecule is CC(C)COC(=O)N1CCCN(Cc2nc(-c3cccs3)no2)CC1. The molecular weight excluding hydrogens is 340 g/mol. The van der Waals surface area contributed by atoms with Crippen molar-refractivity contribution in [3.05, 3.63) is 23.4 Å². The van der Waals surface area contributed by atoms with Crippen molar-refractivity contribution in [2.24, 2.45) is 5.92 Å². The van der Waals surface area contributed by atoms with Crippen molar-refractivity contribution in [3.63, 3.8) is 0 Å². The lowest BCUT2D eigenvalue weighted by molar-refractivity contribution is 0.0928. The van der Waals surface area contributed by atoms with Crippen LogP contribution < -0.4 is 0 Å². The first-order valence-corrected chi connectivity index (χ1v) is 9.50. The number of carbonyl (C=O) groups is 1. The van der Waals surface area contributed by atoms with Crippen LogP contribution in [0.15, 0.2) is 22.0 Å². The van der Waals surface area contributed by atoms with Gasteiger partial charge in [-0.1, -0.05) is 25.1 Å². The van der Waals surface area contributed by atoms with E-state index in [0.29, 0.717) is 37.3 Å². The van der Waals surface area contributed by atoms with E-state index in [1.54, 1.807) is 16.2 Å². The molecule has 25 heavy (non-hydrogen) atoms. The summed E-state index contributed by atoms with van der Waals surface area (Å²) in [6, 6.07) is 3.95. The largest absolute Gasteiger partial charge is 0.449 e. The Morgan fingerprint density at radius 2 is 2.24 bits per heavy atom. The van der Waals surface area contributed by atoms with Gasteiger partial charge in [0.25, 0.3) is 0 Å². The average molecular weight is 364 g/mol. The third-order valence-electron chi connectivity index (χ3n) is 3.96. The molecule has 1 fully saturated rings. The summed E-state index contributed by atoms with van der Waals surface area (Å²) >= 11 is 1.59. The first kappa shape index (κ1) is 17.9. The molecule has 0 spiro atoms. The lowest BCUT2D eigenvalue weighted by Crippen LogP contribution is -2.36. The fourth-order valence-corrected chi connectivity index (χ4v) is 3.31. The Morgan fingerprint density at radius 3 is 3.00 bits per heavy atom. The van der Waals surface area contributed by atoms with E-state index < -0.39 is 0 Å². The van der Waals surface area contributed by atoms with Crippen molar-refractivity contribution < 1.29 is 14.1 Å². The summed E-state index contributed by atoms with van der Waals surface area (Å²) in [6.45, 7) is 8.18. The summed E-state index contributed by atoms with van der Waals surface area (Å²) < 4.78 is 10.7. The van der Waals surface area contributed by atoms with Gasteiger partial charge < -0.3 is 14.2 Å². The number of ether oxygens (including phenoxy) is 1. The third kappa shape index (κ3) is 5.02. The number of hydrogen-bond donors (Lipinski definition) is 0. The third-order valence-corrected chi connectivity index (χ3v) is 4.82. The highest BCUT2D eigenvalue weighted by atomic mass is 32.1. The fourth-order valence-electron chi connectivity index (χ4n) is 2.66. The molecule has 0 atom stereocenters. The van der Waals surface area contributed by atoms with Gasteiger partial charge >= 0.3 is 6.09 Å². The number of rotatable bonds is 5. The highest BCUT2D eigenvalue weighted by molar-refractivity contribution is 7.13. The Bertz CT molecular complexity index is 671. The van der Waals surface area contributed by atoms with Crippen LogP contribution in [0, 0.1) is 5.92 Å². The standard InChI is InChI=1S/C17H24N4O3S/c1-13(2)12-23-17(22)21-7-4-6-20(8-9-21)11-15-18-16(19-24-15)14-5-3-10-25-14/h3,5,10,13H,4,6-9,11-12H2,1-2H3. The fraction of sp³-hybridized carbons (Fsp3) is 0.588. The molecule has 3 heterocycles. The van der Waals surface area contributed by atoms with Gasteiger partial charge in [0.15, 0.2) is 0 Å². The highest BCUT2D eigenvalue weighted by Gasteiger charge is 2.22. The summed E-state index contributed by atoms with van der Waals surface area (Å²) in [5.74, 6) is 1.60. The van der Waals surface area contributed by atoms with Crippen molar-refractivity contribution in [1.82, 2.24) is 19.9 Å². The molecular formula is C17H24N4O3S. The van der Waals surface area contributed by atoms with E-state index >= 15 is 0 Å². The van der Waals surface area contributed by atoms with Gasteiger partial charge in [-0.15, -0.1) is 11.3 Å². The zero-order valence-electron chi connectivity index (χ0n) is 14.7. The summed E-state index contributed by atoms with van der Waals surface area (Å²) in [5, 5.41) is 6.04. The normalized spacial score (nSPS) is 16.2. The molecule has 1 saturated heterocycles. The molecule has 2 aromatic heterocycles. The molecule has 0 radical (unpaired) electrons. The van der Waals surface area contributed by atoms with Gasteiger partial charge in [-0.3, -0.25) is 4.90 Å². The van der Waals surface area contributed by atoms with Crippen LogP contribution in [0.2, 0.25) is 0 Å². The van der Waals surface area contributed by atoms with E-state index in [-0.39, 0.29) is 6.09 Å². The van der Waals surface area contributed by atoms with E-state index in [4.69, 9.17) is 9.26 Å². The number of hydrogen-bond acceptors (Lipinski definition) is 7. The molecule has 0 aliphatic carbocycles. The minimum absolute atomic E-state index is 0.215. The maximum Gasteiger partial charge on any atom is 0.409 e. The molecule has 136 valence electrons. The van der Waals surface area contributed by atoms with Crippen LogP contribution >= 0.6 is 11.3 Å². The van der Waals surface area contributed by atoms with E-state index in [1.165, 1.54) is 0 Å². The minimum Gasteiger partial charge on any atom is -0.449 e. The molecule has 0 aromatic carbocycles. The van der Waals surface area contributed by atoms with Crippen molar-refractivity contribution in [3.8, 4) is 10.7 Å². The first-order valence-electron chi connectivity index (χ1n) is 8.62. The van der Waals surface area contributed by atoms with Gasteiger partial charge in [0.05, 0.1) is 18.0 Å². The monoisotopic (exact) mass is 364 g/mol. The quantitative estimate of drug-likeness (QED) is 0.812. The Kier molecular flexibility index (Phi) is 6.04. The van der Waals surface area contributed by atoms with Gasteiger partial charge in [0.1, 0.15) is 0 Å². The van der Waals surface area contributed by atoms with Crippen molar-refractivity contribution >= 4 is 17.4 Å². The van der Waals surface area contributed by atoms with Gasteiger partial charge in [0.2, 0.25) is 11.7 Å². The molecule has 1 amide bonds. The topological polar surface area (TPSA) is 71.7 Å². The van der Waals surface area contributed by atoms with Crippen LogP contribution in [0.5, 0.6) is 0 Å². The van der Waals surface area contributed by atoms with Gasteiger partial charge in [0, 0.05) is 26.2 Å². The molecule has 0 bridgehead atoms. The summed E-state index contributed by atoms with van der Waals surface area (Å²) in [6.07, 6.45) is 0.691. The molecule has 7 nitrogen and oxygen atoms in total. The Labute approximate surface area is 151 Å². The minimum atomic E-state index is -0.215. The van der Waals surface area contributed by atoms with E-state index in [2.05, 4.69) is 15.0 Å². The Morgan fingerprint density at radius 1 is 1.36 bits per heavy atom. The molecule has 1 aliphatic heterocycles. The van der Waals surface area contributed by atoms with Crippen molar-refractivity contribution in [2.45, 2.75) is 26.8 Å². The van der Waals surface area contributed by atoms with Crippen LogP contribution in [-0.2, 0) is 11.3 Å². The van der Waals surface area contributed by atoms with Crippen LogP contribution in [-0.4, -0.2) is 58.8 Å². The summed E-state index contributed by atoms with van der Waals surface area (Å²) in [4.78, 5) is 21.6. The molecule has 3 rings (SSSR count). The van der Waals surface area contributed by atoms with Crippen molar-refractivity contribution in [1.29, 1.82) is 0 Å². The smallest absolute Gasteiger partial charge is 0.409 e. The first-order chi connectivity index (χ1) is 12.1. The highest BCUT2D eigenvalue weighted by Crippen LogP contribution is 2.21. The Balaban J connectivity index is 1.51. The maximum atomic E-state index is 12.1. The molecule has 1 aliphatic rings. The van der Waals surface area contributed by atoms with Crippen LogP contribution in [0.1, 0.15) is 26.2 Å². The second kappa shape index (κ2) is 8.44. The predicted octanol–water partition coefficient (Wildman–Crippen LogP) is 3.10. The van der Waals surface area contributed by atoms with Gasteiger partial charge in [-0.25, -0.2) is 4.79 Å². The molecule has 0 N–H and O–H groups in total. The zero-order chi connectivity index (χ0) is 17.6. The van der Waals surface area contributed by atoms with E-state index in [1.807, 2.05) is 31.4 Å². The summed E-state index contributed by atoms with van der Waals surface area (Å²) in [5.41, 5.74) is 0. The molecule has 0 saturated carbocycles. The number of aromatic nitrogens is 2. The van der Waals surface area contributed by atoms with Gasteiger partial charge in [-0.2, -0.15) is 4.98 Å². The van der Waals surface area contributed by atoms with Gasteiger partial charge in [-0.05, 0) is 23.8 Å². The van der Waals surface area contributed by atoms with Crippen LogP contribution in [0.25, 0.3) is 10.7 Å². The van der Waals surface area contributed by atoms with Crippen LogP contribution in [0.4, 0.5) is 4.79 Å². The lowest BCUT2D eigenvalue weighted by Gasteiger charge is -2.21. The second-order valence-corrected chi connectivity index (χ2v) is 7.52. The lowest BCUT2D eigenvalue weighted by atomic mass is 10.2. The molecule has 2 aromatic rings. The van der Waals surface area contributed by atoms with E-state index in [9.17, 15) is 4.79 Å².